The number of carbonyl (C=O) groups is 1. The van der Waals surface area contributed by atoms with Crippen molar-refractivity contribution in [3.05, 3.63) is 89.0 Å². The van der Waals surface area contributed by atoms with Crippen LogP contribution in [-0.2, 0) is 10.3 Å². The van der Waals surface area contributed by atoms with E-state index in [1.165, 1.54) is 0 Å². The summed E-state index contributed by atoms with van der Waals surface area (Å²) >= 11 is 0. The number of rotatable bonds is 7. The van der Waals surface area contributed by atoms with Gasteiger partial charge in [0.2, 0.25) is 0 Å². The largest absolute Gasteiger partial charge is 0.441 e. The Morgan fingerprint density at radius 1 is 0.727 bits per heavy atom. The van der Waals surface area contributed by atoms with Gasteiger partial charge in [0.15, 0.2) is 5.60 Å². The summed E-state index contributed by atoms with van der Waals surface area (Å²) in [5, 5.41) is 0. The lowest BCUT2D eigenvalue weighted by atomic mass is 9.79. The van der Waals surface area contributed by atoms with Crippen LogP contribution in [0.25, 0.3) is 0 Å². The van der Waals surface area contributed by atoms with Crippen LogP contribution in [0, 0.1) is 0 Å². The van der Waals surface area contributed by atoms with Gasteiger partial charge in [-0.25, -0.2) is 4.79 Å². The zero-order valence-electron chi connectivity index (χ0n) is 20.4. The fraction of sp³-hybridized carbons (Fsp3) is 0.321. The molecular weight excluding hydrogens is 410 g/mol. The molecule has 0 saturated heterocycles. The van der Waals surface area contributed by atoms with E-state index >= 15 is 0 Å². The number of hydrogen-bond donors (Lipinski definition) is 0. The lowest BCUT2D eigenvalue weighted by Crippen LogP contribution is -2.30. The van der Waals surface area contributed by atoms with E-state index in [1.54, 1.807) is 0 Å². The minimum absolute atomic E-state index is 0.293. The maximum Gasteiger partial charge on any atom is 0.340 e. The molecule has 1 aliphatic heterocycles. The first-order chi connectivity index (χ1) is 15.8. The van der Waals surface area contributed by atoms with Gasteiger partial charge in [0, 0.05) is 75.0 Å². The van der Waals surface area contributed by atoms with Gasteiger partial charge in [-0.05, 0) is 50.2 Å². The minimum atomic E-state index is -0.995. The van der Waals surface area contributed by atoms with Gasteiger partial charge in [-0.1, -0.05) is 30.3 Å². The van der Waals surface area contributed by atoms with E-state index in [4.69, 9.17) is 4.74 Å². The predicted molar refractivity (Wildman–Crippen MR) is 137 cm³/mol. The van der Waals surface area contributed by atoms with Crippen molar-refractivity contribution in [3.63, 3.8) is 0 Å². The molecule has 0 bridgehead atoms. The molecule has 0 aromatic heterocycles. The fourth-order valence-electron chi connectivity index (χ4n) is 4.64. The summed E-state index contributed by atoms with van der Waals surface area (Å²) in [7, 11) is 7.99. The average Bonchev–Trinajstić information content (AvgIpc) is 3.13. The zero-order valence-corrected chi connectivity index (χ0v) is 20.4. The van der Waals surface area contributed by atoms with Gasteiger partial charge >= 0.3 is 5.97 Å². The highest BCUT2D eigenvalue weighted by Gasteiger charge is 2.48. The van der Waals surface area contributed by atoms with Gasteiger partial charge in [0.05, 0.1) is 5.56 Å². The van der Waals surface area contributed by atoms with Crippen molar-refractivity contribution < 1.29 is 9.53 Å². The van der Waals surface area contributed by atoms with Gasteiger partial charge < -0.3 is 19.4 Å². The first-order valence-corrected chi connectivity index (χ1v) is 11.5. The van der Waals surface area contributed by atoms with Crippen molar-refractivity contribution in [3.8, 4) is 0 Å². The lowest BCUT2D eigenvalue weighted by Gasteiger charge is -2.32. The second-order valence-electron chi connectivity index (χ2n) is 8.86. The molecule has 0 fully saturated rings. The van der Waals surface area contributed by atoms with Crippen LogP contribution in [0.3, 0.4) is 0 Å². The van der Waals surface area contributed by atoms with Crippen molar-refractivity contribution >= 4 is 23.0 Å². The summed E-state index contributed by atoms with van der Waals surface area (Å²) in [5.41, 5.74) is 5.59. The van der Waals surface area contributed by atoms with Crippen molar-refractivity contribution in [2.75, 3.05) is 56.0 Å². The molecule has 5 heteroatoms. The molecule has 0 N–H and O–H groups in total. The van der Waals surface area contributed by atoms with E-state index in [2.05, 4.69) is 78.2 Å². The Kier molecular flexibility index (Phi) is 6.07. The number of benzene rings is 3. The zero-order chi connectivity index (χ0) is 23.8. The predicted octanol–water partition coefficient (Wildman–Crippen LogP) is 5.13. The first kappa shape index (κ1) is 22.7. The Labute approximate surface area is 197 Å². The SMILES string of the molecule is CCN(CC)c1cccc(C2(c3ccc(N(C)C)cc3)OC(=O)c3cc(N(C)C)ccc32)c1. The highest BCUT2D eigenvalue weighted by molar-refractivity contribution is 5.97. The summed E-state index contributed by atoms with van der Waals surface area (Å²) in [6.07, 6.45) is 0. The van der Waals surface area contributed by atoms with Gasteiger partial charge in [-0.2, -0.15) is 0 Å². The molecule has 33 heavy (non-hydrogen) atoms. The molecule has 1 unspecified atom stereocenters. The molecule has 0 amide bonds. The molecule has 0 radical (unpaired) electrons. The number of anilines is 3. The molecule has 0 saturated carbocycles. The molecule has 3 aromatic carbocycles. The smallest absolute Gasteiger partial charge is 0.340 e. The van der Waals surface area contributed by atoms with Crippen LogP contribution in [0.5, 0.6) is 0 Å². The molecule has 0 spiro atoms. The molecular formula is C28H33N3O2. The molecule has 1 heterocycles. The van der Waals surface area contributed by atoms with Crippen LogP contribution in [0.1, 0.15) is 40.9 Å². The molecule has 1 aliphatic rings. The third-order valence-corrected chi connectivity index (χ3v) is 6.54. The topological polar surface area (TPSA) is 36.0 Å². The number of cyclic esters (lactones) is 1. The normalized spacial score (nSPS) is 16.8. The van der Waals surface area contributed by atoms with Crippen LogP contribution in [0.2, 0.25) is 0 Å². The summed E-state index contributed by atoms with van der Waals surface area (Å²) in [5.74, 6) is -0.293. The monoisotopic (exact) mass is 443 g/mol. The van der Waals surface area contributed by atoms with Crippen molar-refractivity contribution in [2.45, 2.75) is 19.4 Å². The first-order valence-electron chi connectivity index (χ1n) is 11.5. The van der Waals surface area contributed by atoms with Gasteiger partial charge in [0.1, 0.15) is 0 Å². The number of fused-ring (bicyclic) bond motifs is 1. The van der Waals surface area contributed by atoms with Gasteiger partial charge in [0.25, 0.3) is 0 Å². The summed E-state index contributed by atoms with van der Waals surface area (Å²) in [6.45, 7) is 6.12. The molecule has 4 rings (SSSR count). The van der Waals surface area contributed by atoms with Gasteiger partial charge in [-0.3, -0.25) is 0 Å². The summed E-state index contributed by atoms with van der Waals surface area (Å²) in [4.78, 5) is 19.6. The summed E-state index contributed by atoms with van der Waals surface area (Å²) in [6, 6.07) is 22.7. The highest BCUT2D eigenvalue weighted by Crippen LogP contribution is 2.48. The quantitative estimate of drug-likeness (QED) is 0.473. The number of nitrogens with zero attached hydrogens (tertiary/aromatic N) is 3. The van der Waals surface area contributed by atoms with Crippen LogP contribution in [0.4, 0.5) is 17.1 Å². The van der Waals surface area contributed by atoms with E-state index in [1.807, 2.05) is 45.2 Å². The van der Waals surface area contributed by atoms with E-state index in [0.29, 0.717) is 5.56 Å². The van der Waals surface area contributed by atoms with Crippen LogP contribution < -0.4 is 14.7 Å². The second kappa shape index (κ2) is 8.81. The van der Waals surface area contributed by atoms with E-state index in [-0.39, 0.29) is 5.97 Å². The van der Waals surface area contributed by atoms with Gasteiger partial charge in [-0.15, -0.1) is 0 Å². The molecule has 0 aliphatic carbocycles. The number of hydrogen-bond acceptors (Lipinski definition) is 5. The van der Waals surface area contributed by atoms with Crippen molar-refractivity contribution in [2.24, 2.45) is 0 Å². The van der Waals surface area contributed by atoms with Crippen molar-refractivity contribution in [1.82, 2.24) is 0 Å². The van der Waals surface area contributed by atoms with E-state index < -0.39 is 5.60 Å². The minimum Gasteiger partial charge on any atom is -0.441 e. The van der Waals surface area contributed by atoms with Crippen molar-refractivity contribution in [1.29, 1.82) is 0 Å². The third kappa shape index (κ3) is 3.82. The standard InChI is InChI=1S/C28H33N3O2/c1-7-31(8-2)24-11-9-10-21(18-24)28(20-12-14-22(15-13-20)29(3)4)26-17-16-23(30(5)6)19-25(26)27(32)33-28/h9-19H,7-8H2,1-6H3. The number of ether oxygens (including phenoxy) is 1. The Hall–Kier alpha value is -3.47. The van der Waals surface area contributed by atoms with Crippen LogP contribution in [0.15, 0.2) is 66.7 Å². The maximum atomic E-state index is 13.2. The molecule has 1 atom stereocenters. The van der Waals surface area contributed by atoms with Crippen LogP contribution >= 0.6 is 0 Å². The Morgan fingerprint density at radius 3 is 1.97 bits per heavy atom. The molecule has 5 nitrogen and oxygen atoms in total. The Balaban J connectivity index is 1.97. The average molecular weight is 444 g/mol. The second-order valence-corrected chi connectivity index (χ2v) is 8.86. The maximum absolute atomic E-state index is 13.2. The van der Waals surface area contributed by atoms with E-state index in [0.717, 1.165) is 46.8 Å². The Bertz CT molecular complexity index is 1150. The number of esters is 1. The molecule has 172 valence electrons. The van der Waals surface area contributed by atoms with Crippen LogP contribution in [-0.4, -0.2) is 47.2 Å². The lowest BCUT2D eigenvalue weighted by molar-refractivity contribution is 0.0251. The highest BCUT2D eigenvalue weighted by atomic mass is 16.6. The Morgan fingerprint density at radius 2 is 1.36 bits per heavy atom. The molecule has 3 aromatic rings. The number of carbonyl (C=O) groups excluding carboxylic acids is 1. The third-order valence-electron chi connectivity index (χ3n) is 6.54. The fourth-order valence-corrected chi connectivity index (χ4v) is 4.64. The van der Waals surface area contributed by atoms with E-state index in [9.17, 15) is 4.79 Å². The summed E-state index contributed by atoms with van der Waals surface area (Å²) < 4.78 is 6.34.